The number of fused-ring (bicyclic) bond motifs is 2. The van der Waals surface area contributed by atoms with Crippen LogP contribution in [0, 0.1) is 29.3 Å². The molecule has 0 saturated heterocycles. The molecule has 0 spiro atoms. The Balaban J connectivity index is 1.47. The van der Waals surface area contributed by atoms with Gasteiger partial charge in [0.2, 0.25) is 11.6 Å². The Morgan fingerprint density at radius 3 is 2.44 bits per heavy atom. The van der Waals surface area contributed by atoms with Crippen molar-refractivity contribution in [1.82, 2.24) is 0 Å². The van der Waals surface area contributed by atoms with E-state index >= 15 is 4.39 Å². The summed E-state index contributed by atoms with van der Waals surface area (Å²) in [6.07, 6.45) is 9.93. The van der Waals surface area contributed by atoms with Crippen molar-refractivity contribution in [3.05, 3.63) is 65.0 Å². The van der Waals surface area contributed by atoms with E-state index in [0.717, 1.165) is 18.8 Å². The minimum absolute atomic E-state index is 0.0706. The van der Waals surface area contributed by atoms with Crippen LogP contribution in [0.3, 0.4) is 0 Å². The molecule has 0 bridgehead atoms. The fourth-order valence-corrected chi connectivity index (χ4v) is 4.95. The molecule has 32 heavy (non-hydrogen) atoms. The molecule has 1 fully saturated rings. The predicted octanol–water partition coefficient (Wildman–Crippen LogP) is 7.90. The Bertz CT molecular complexity index is 978. The summed E-state index contributed by atoms with van der Waals surface area (Å²) in [6.45, 7) is 6.30. The molecule has 2 aromatic rings. The van der Waals surface area contributed by atoms with Crippen LogP contribution in [-0.2, 0) is 12.8 Å². The molecule has 5 heteroatoms. The summed E-state index contributed by atoms with van der Waals surface area (Å²) in [6, 6.07) is 4.97. The monoisotopic (exact) mass is 444 g/mol. The lowest BCUT2D eigenvalue weighted by atomic mass is 9.80. The SMILES string of the molecule is C=CCCc1cc2c(c(F)c1F)Oc1c(ccc(OCC3CCC(CCC)CC3)c1F)C2. The van der Waals surface area contributed by atoms with Crippen molar-refractivity contribution < 1.29 is 22.6 Å². The molecule has 0 radical (unpaired) electrons. The summed E-state index contributed by atoms with van der Waals surface area (Å²) in [4.78, 5) is 0. The van der Waals surface area contributed by atoms with E-state index in [2.05, 4.69) is 13.5 Å². The van der Waals surface area contributed by atoms with E-state index in [1.54, 1.807) is 24.3 Å². The van der Waals surface area contributed by atoms with Crippen molar-refractivity contribution in [2.75, 3.05) is 6.61 Å². The van der Waals surface area contributed by atoms with Crippen molar-refractivity contribution in [2.45, 2.75) is 64.7 Å². The maximum absolute atomic E-state index is 15.2. The zero-order valence-electron chi connectivity index (χ0n) is 18.7. The lowest BCUT2D eigenvalue weighted by Gasteiger charge is -2.28. The third-order valence-corrected chi connectivity index (χ3v) is 6.80. The first-order chi connectivity index (χ1) is 15.5. The second kappa shape index (κ2) is 10.0. The number of allylic oxidation sites excluding steroid dienone is 1. The van der Waals surface area contributed by atoms with Crippen molar-refractivity contribution in [3.8, 4) is 17.2 Å². The number of benzene rings is 2. The van der Waals surface area contributed by atoms with Crippen LogP contribution in [-0.4, -0.2) is 6.61 Å². The minimum atomic E-state index is -1.07. The molecule has 0 N–H and O–H groups in total. The van der Waals surface area contributed by atoms with Crippen LogP contribution in [0.1, 0.15) is 68.6 Å². The number of rotatable bonds is 8. The average molecular weight is 445 g/mol. The molecule has 1 aliphatic carbocycles. The fourth-order valence-electron chi connectivity index (χ4n) is 4.95. The lowest BCUT2D eigenvalue weighted by Crippen LogP contribution is -2.20. The quantitative estimate of drug-likeness (QED) is 0.329. The molecule has 2 nitrogen and oxygen atoms in total. The van der Waals surface area contributed by atoms with Gasteiger partial charge in [0.05, 0.1) is 6.61 Å². The highest BCUT2D eigenvalue weighted by Gasteiger charge is 2.29. The highest BCUT2D eigenvalue weighted by atomic mass is 19.2. The lowest BCUT2D eigenvalue weighted by molar-refractivity contribution is 0.173. The Morgan fingerprint density at radius 1 is 1.00 bits per heavy atom. The molecule has 2 aromatic carbocycles. The molecule has 172 valence electrons. The van der Waals surface area contributed by atoms with Crippen molar-refractivity contribution >= 4 is 0 Å². The zero-order valence-corrected chi connectivity index (χ0v) is 18.7. The largest absolute Gasteiger partial charge is 0.490 e. The summed E-state index contributed by atoms with van der Waals surface area (Å²) >= 11 is 0. The molecule has 0 aromatic heterocycles. The molecule has 1 aliphatic heterocycles. The number of hydrogen-bond acceptors (Lipinski definition) is 2. The molecule has 0 atom stereocenters. The van der Waals surface area contributed by atoms with Crippen LogP contribution >= 0.6 is 0 Å². The van der Waals surface area contributed by atoms with Gasteiger partial charge in [-0.15, -0.1) is 6.58 Å². The maximum atomic E-state index is 15.2. The van der Waals surface area contributed by atoms with Gasteiger partial charge in [-0.2, -0.15) is 8.78 Å². The van der Waals surface area contributed by atoms with Crippen molar-refractivity contribution in [3.63, 3.8) is 0 Å². The van der Waals surface area contributed by atoms with E-state index in [4.69, 9.17) is 9.47 Å². The van der Waals surface area contributed by atoms with Gasteiger partial charge in [-0.05, 0) is 55.2 Å². The number of hydrogen-bond donors (Lipinski definition) is 0. The number of ether oxygens (including phenoxy) is 2. The van der Waals surface area contributed by atoms with Gasteiger partial charge in [0, 0.05) is 17.5 Å². The molecule has 2 aliphatic rings. The van der Waals surface area contributed by atoms with Crippen LogP contribution in [0.4, 0.5) is 13.2 Å². The van der Waals surface area contributed by atoms with Crippen LogP contribution in [0.5, 0.6) is 17.2 Å². The van der Waals surface area contributed by atoms with Gasteiger partial charge in [-0.1, -0.05) is 44.7 Å². The number of halogens is 3. The zero-order chi connectivity index (χ0) is 22.7. The summed E-state index contributed by atoms with van der Waals surface area (Å²) in [5, 5.41) is 0. The molecule has 0 amide bonds. The predicted molar refractivity (Wildman–Crippen MR) is 120 cm³/mol. The first kappa shape index (κ1) is 22.8. The summed E-state index contributed by atoms with van der Waals surface area (Å²) < 4.78 is 55.7. The van der Waals surface area contributed by atoms with E-state index in [1.807, 2.05) is 0 Å². The third kappa shape index (κ3) is 4.67. The Kier molecular flexibility index (Phi) is 7.12. The summed E-state index contributed by atoms with van der Waals surface area (Å²) in [7, 11) is 0. The van der Waals surface area contributed by atoms with E-state index in [1.165, 1.54) is 25.7 Å². The first-order valence-corrected chi connectivity index (χ1v) is 11.7. The molecule has 0 unspecified atom stereocenters. The first-order valence-electron chi connectivity index (χ1n) is 11.7. The maximum Gasteiger partial charge on any atom is 0.207 e. The highest BCUT2D eigenvalue weighted by molar-refractivity contribution is 5.54. The van der Waals surface area contributed by atoms with E-state index in [9.17, 15) is 8.78 Å². The fraction of sp³-hybridized carbons (Fsp3) is 0.481. The highest BCUT2D eigenvalue weighted by Crippen LogP contribution is 2.44. The Hall–Kier alpha value is -2.43. The van der Waals surface area contributed by atoms with E-state index in [-0.39, 0.29) is 29.2 Å². The van der Waals surface area contributed by atoms with E-state index < -0.39 is 17.5 Å². The average Bonchev–Trinajstić information content (AvgIpc) is 2.80. The second-order valence-electron chi connectivity index (χ2n) is 9.11. The normalized spacial score (nSPS) is 19.6. The Morgan fingerprint density at radius 2 is 1.72 bits per heavy atom. The summed E-state index contributed by atoms with van der Waals surface area (Å²) in [5.74, 6) is -1.64. The van der Waals surface area contributed by atoms with Crippen LogP contribution in [0.15, 0.2) is 30.9 Å². The van der Waals surface area contributed by atoms with Crippen molar-refractivity contribution in [2.24, 2.45) is 11.8 Å². The van der Waals surface area contributed by atoms with Crippen molar-refractivity contribution in [1.29, 1.82) is 0 Å². The van der Waals surface area contributed by atoms with Gasteiger partial charge >= 0.3 is 0 Å². The molecule has 4 rings (SSSR count). The van der Waals surface area contributed by atoms with Gasteiger partial charge in [-0.3, -0.25) is 0 Å². The van der Waals surface area contributed by atoms with Gasteiger partial charge in [-0.25, -0.2) is 4.39 Å². The summed E-state index contributed by atoms with van der Waals surface area (Å²) in [5.41, 5.74) is 1.40. The van der Waals surface area contributed by atoms with Gasteiger partial charge in [0.15, 0.2) is 23.1 Å². The van der Waals surface area contributed by atoms with Gasteiger partial charge in [0.25, 0.3) is 0 Å². The smallest absolute Gasteiger partial charge is 0.207 e. The molecule has 1 heterocycles. The van der Waals surface area contributed by atoms with Crippen LogP contribution in [0.25, 0.3) is 0 Å². The Labute approximate surface area is 188 Å². The number of aryl methyl sites for hydroxylation is 1. The van der Waals surface area contributed by atoms with Crippen LogP contribution < -0.4 is 9.47 Å². The molecule has 1 saturated carbocycles. The second-order valence-corrected chi connectivity index (χ2v) is 9.11. The third-order valence-electron chi connectivity index (χ3n) is 6.80. The minimum Gasteiger partial charge on any atom is -0.490 e. The molecular weight excluding hydrogens is 413 g/mol. The topological polar surface area (TPSA) is 18.5 Å². The molecular formula is C27H31F3O2. The standard InChI is InChI=1S/C27H31F3O2/c1-3-5-7-19-14-21-15-20-12-13-22(24(29)26(20)32-27(21)25(30)23(19)28)31-16-18-10-8-17(6-4-2)9-11-18/h3,12-14,17-18H,1,4-11,15-16H2,2H3. The van der Waals surface area contributed by atoms with Gasteiger partial charge < -0.3 is 9.47 Å². The van der Waals surface area contributed by atoms with Crippen LogP contribution in [0.2, 0.25) is 0 Å². The van der Waals surface area contributed by atoms with Gasteiger partial charge in [0.1, 0.15) is 0 Å². The van der Waals surface area contributed by atoms with E-state index in [0.29, 0.717) is 36.5 Å².